The standard InChI is InChI=1S/C23H31ClN4O/c24-23-15-28-20(9-16-1-3-19(25)4-2-16)11-22(23)18-10-21(14-26-13-18)27-12-17-5-7-29-8-6-17/h10-11,13-17,19,27H,1-9,12,25H2. The van der Waals surface area contributed by atoms with Gasteiger partial charge in [0.2, 0.25) is 0 Å². The molecule has 0 atom stereocenters. The quantitative estimate of drug-likeness (QED) is 0.716. The van der Waals surface area contributed by atoms with Crippen molar-refractivity contribution in [2.45, 2.75) is 51.0 Å². The number of nitrogens with one attached hydrogen (secondary N) is 1. The van der Waals surface area contributed by atoms with Crippen LogP contribution in [-0.2, 0) is 11.2 Å². The molecule has 1 aliphatic carbocycles. The fourth-order valence-corrected chi connectivity index (χ4v) is 4.61. The third kappa shape index (κ3) is 5.68. The van der Waals surface area contributed by atoms with Gasteiger partial charge in [-0.2, -0.15) is 0 Å². The summed E-state index contributed by atoms with van der Waals surface area (Å²) in [5.74, 6) is 1.33. The second-order valence-corrected chi connectivity index (χ2v) is 8.95. The van der Waals surface area contributed by atoms with Gasteiger partial charge in [-0.15, -0.1) is 0 Å². The van der Waals surface area contributed by atoms with Crippen LogP contribution in [-0.4, -0.2) is 35.8 Å². The Balaban J connectivity index is 1.44. The molecule has 0 bridgehead atoms. The van der Waals surface area contributed by atoms with Crippen LogP contribution in [0.3, 0.4) is 0 Å². The Morgan fingerprint density at radius 2 is 1.79 bits per heavy atom. The van der Waals surface area contributed by atoms with Crippen LogP contribution in [0.15, 0.2) is 30.7 Å². The summed E-state index contributed by atoms with van der Waals surface area (Å²) in [5, 5.41) is 4.21. The minimum Gasteiger partial charge on any atom is -0.384 e. The van der Waals surface area contributed by atoms with E-state index in [2.05, 4.69) is 27.4 Å². The average molecular weight is 415 g/mol. The zero-order chi connectivity index (χ0) is 20.1. The number of anilines is 1. The number of hydrogen-bond acceptors (Lipinski definition) is 5. The zero-order valence-electron chi connectivity index (χ0n) is 16.9. The van der Waals surface area contributed by atoms with Crippen LogP contribution in [0.25, 0.3) is 11.1 Å². The maximum atomic E-state index is 6.50. The minimum atomic E-state index is 0.377. The predicted octanol–water partition coefficient (Wildman–Crippen LogP) is 4.70. The molecule has 5 nitrogen and oxygen atoms in total. The fraction of sp³-hybridized carbons (Fsp3) is 0.565. The molecule has 3 N–H and O–H groups in total. The van der Waals surface area contributed by atoms with Crippen LogP contribution in [0.1, 0.15) is 44.2 Å². The van der Waals surface area contributed by atoms with Crippen molar-refractivity contribution >= 4 is 17.3 Å². The Labute approximate surface area is 178 Å². The minimum absolute atomic E-state index is 0.377. The van der Waals surface area contributed by atoms with Crippen molar-refractivity contribution in [2.24, 2.45) is 17.6 Å². The van der Waals surface area contributed by atoms with E-state index < -0.39 is 0 Å². The molecule has 0 spiro atoms. The lowest BCUT2D eigenvalue weighted by molar-refractivity contribution is 0.0699. The molecule has 2 aromatic rings. The van der Waals surface area contributed by atoms with E-state index in [0.29, 0.717) is 22.9 Å². The molecule has 2 aliphatic rings. The monoisotopic (exact) mass is 414 g/mol. The second kappa shape index (κ2) is 9.88. The maximum Gasteiger partial charge on any atom is 0.0668 e. The third-order valence-corrected chi connectivity index (χ3v) is 6.59. The van der Waals surface area contributed by atoms with Crippen molar-refractivity contribution in [3.63, 3.8) is 0 Å². The highest BCUT2D eigenvalue weighted by Gasteiger charge is 2.20. The SMILES string of the molecule is NC1CCC(Cc2cc(-c3cncc(NCC4CCOCC4)c3)c(Cl)cn2)CC1. The number of halogens is 1. The van der Waals surface area contributed by atoms with Gasteiger partial charge in [0.05, 0.1) is 10.7 Å². The van der Waals surface area contributed by atoms with E-state index in [0.717, 1.165) is 74.4 Å². The van der Waals surface area contributed by atoms with Gasteiger partial charge in [0.15, 0.2) is 0 Å². The number of hydrogen-bond donors (Lipinski definition) is 2. The highest BCUT2D eigenvalue weighted by Crippen LogP contribution is 2.31. The molecule has 1 aliphatic heterocycles. The number of pyridine rings is 2. The van der Waals surface area contributed by atoms with Crippen molar-refractivity contribution in [3.05, 3.63) is 41.4 Å². The molecule has 2 fully saturated rings. The Bertz CT molecular complexity index is 801. The van der Waals surface area contributed by atoms with Gasteiger partial charge < -0.3 is 15.8 Å². The van der Waals surface area contributed by atoms with Gasteiger partial charge in [0, 0.05) is 61.2 Å². The first kappa shape index (κ1) is 20.6. The molecular weight excluding hydrogens is 384 g/mol. The summed E-state index contributed by atoms with van der Waals surface area (Å²) in [7, 11) is 0. The normalized spacial score (nSPS) is 23.1. The first-order valence-corrected chi connectivity index (χ1v) is 11.2. The van der Waals surface area contributed by atoms with Crippen LogP contribution < -0.4 is 11.1 Å². The first-order valence-electron chi connectivity index (χ1n) is 10.8. The largest absolute Gasteiger partial charge is 0.384 e. The first-order chi connectivity index (χ1) is 14.2. The van der Waals surface area contributed by atoms with E-state index in [-0.39, 0.29) is 0 Å². The maximum absolute atomic E-state index is 6.50. The van der Waals surface area contributed by atoms with Gasteiger partial charge in [0.25, 0.3) is 0 Å². The van der Waals surface area contributed by atoms with E-state index in [1.54, 1.807) is 6.20 Å². The Morgan fingerprint density at radius 3 is 2.59 bits per heavy atom. The molecule has 1 saturated carbocycles. The predicted molar refractivity (Wildman–Crippen MR) is 118 cm³/mol. The summed E-state index contributed by atoms with van der Waals surface area (Å²) in [6.45, 7) is 2.69. The van der Waals surface area contributed by atoms with Gasteiger partial charge in [-0.1, -0.05) is 11.6 Å². The van der Waals surface area contributed by atoms with E-state index in [1.165, 1.54) is 12.8 Å². The Kier molecular flexibility index (Phi) is 7.01. The molecule has 1 saturated heterocycles. The summed E-state index contributed by atoms with van der Waals surface area (Å²) in [6.07, 6.45) is 13.4. The molecule has 156 valence electrons. The van der Waals surface area contributed by atoms with Crippen molar-refractivity contribution in [3.8, 4) is 11.1 Å². The van der Waals surface area contributed by atoms with Crippen molar-refractivity contribution in [1.29, 1.82) is 0 Å². The molecule has 6 heteroatoms. The number of ether oxygens (including phenoxy) is 1. The smallest absolute Gasteiger partial charge is 0.0668 e. The van der Waals surface area contributed by atoms with Gasteiger partial charge in [-0.3, -0.25) is 9.97 Å². The molecule has 3 heterocycles. The van der Waals surface area contributed by atoms with Crippen LogP contribution in [0.2, 0.25) is 5.02 Å². The summed E-state index contributed by atoms with van der Waals surface area (Å²) in [6, 6.07) is 4.65. The molecule has 2 aromatic heterocycles. The van der Waals surface area contributed by atoms with Crippen molar-refractivity contribution in [1.82, 2.24) is 9.97 Å². The molecular formula is C23H31ClN4O. The Morgan fingerprint density at radius 1 is 1.00 bits per heavy atom. The van der Waals surface area contributed by atoms with Crippen molar-refractivity contribution in [2.75, 3.05) is 25.1 Å². The summed E-state index contributed by atoms with van der Waals surface area (Å²) in [4.78, 5) is 9.03. The summed E-state index contributed by atoms with van der Waals surface area (Å²) < 4.78 is 5.45. The van der Waals surface area contributed by atoms with E-state index in [1.807, 2.05) is 12.4 Å². The molecule has 0 amide bonds. The molecule has 0 aromatic carbocycles. The van der Waals surface area contributed by atoms with Gasteiger partial charge in [-0.05, 0) is 68.9 Å². The fourth-order valence-electron chi connectivity index (χ4n) is 4.40. The van der Waals surface area contributed by atoms with Gasteiger partial charge in [-0.25, -0.2) is 0 Å². The van der Waals surface area contributed by atoms with E-state index >= 15 is 0 Å². The lowest BCUT2D eigenvalue weighted by Crippen LogP contribution is -2.27. The number of aromatic nitrogens is 2. The summed E-state index contributed by atoms with van der Waals surface area (Å²) >= 11 is 6.50. The molecule has 0 unspecified atom stereocenters. The van der Waals surface area contributed by atoms with E-state index in [9.17, 15) is 0 Å². The highest BCUT2D eigenvalue weighted by atomic mass is 35.5. The number of nitrogens with zero attached hydrogens (tertiary/aromatic N) is 2. The third-order valence-electron chi connectivity index (χ3n) is 6.29. The van der Waals surface area contributed by atoms with Gasteiger partial charge in [0.1, 0.15) is 0 Å². The van der Waals surface area contributed by atoms with Crippen molar-refractivity contribution < 1.29 is 4.74 Å². The van der Waals surface area contributed by atoms with E-state index in [4.69, 9.17) is 22.1 Å². The van der Waals surface area contributed by atoms with Gasteiger partial charge >= 0.3 is 0 Å². The molecule has 4 rings (SSSR count). The average Bonchev–Trinajstić information content (AvgIpc) is 2.76. The Hall–Kier alpha value is -1.69. The molecule has 29 heavy (non-hydrogen) atoms. The van der Waals surface area contributed by atoms with Crippen LogP contribution in [0.4, 0.5) is 5.69 Å². The second-order valence-electron chi connectivity index (χ2n) is 8.54. The topological polar surface area (TPSA) is 73.1 Å². The lowest BCUT2D eigenvalue weighted by atomic mass is 9.83. The number of rotatable bonds is 6. The molecule has 0 radical (unpaired) electrons. The zero-order valence-corrected chi connectivity index (χ0v) is 17.7. The highest BCUT2D eigenvalue weighted by molar-refractivity contribution is 6.33. The lowest BCUT2D eigenvalue weighted by Gasteiger charge is -2.25. The number of nitrogens with two attached hydrogens (primary N) is 1. The summed E-state index contributed by atoms with van der Waals surface area (Å²) in [5.41, 5.74) is 10.2. The van der Waals surface area contributed by atoms with Crippen LogP contribution in [0.5, 0.6) is 0 Å². The van der Waals surface area contributed by atoms with Crippen LogP contribution >= 0.6 is 11.6 Å². The van der Waals surface area contributed by atoms with Crippen LogP contribution in [0, 0.1) is 11.8 Å².